The summed E-state index contributed by atoms with van der Waals surface area (Å²) >= 11 is 7.46. The molecule has 6 heteroatoms. The third-order valence-electron chi connectivity index (χ3n) is 2.06. The van der Waals surface area contributed by atoms with Crippen LogP contribution in [0, 0.1) is 0 Å². The molecule has 0 bridgehead atoms. The molecule has 1 rings (SSSR count). The Kier molecular flexibility index (Phi) is 5.31. The highest BCUT2D eigenvalue weighted by Gasteiger charge is 2.06. The van der Waals surface area contributed by atoms with Crippen molar-refractivity contribution in [2.24, 2.45) is 5.73 Å². The first-order valence-corrected chi connectivity index (χ1v) is 6.41. The number of halogens is 1. The van der Waals surface area contributed by atoms with Crippen LogP contribution in [0.15, 0.2) is 18.2 Å². The summed E-state index contributed by atoms with van der Waals surface area (Å²) in [4.78, 5) is 21.2. The van der Waals surface area contributed by atoms with Crippen LogP contribution in [0.5, 0.6) is 0 Å². The summed E-state index contributed by atoms with van der Waals surface area (Å²) in [7, 11) is 0. The standard InChI is InChI=1S/C11H12ClNO3S/c12-9-5-7(11(13)16)1-2-8(9)6-17-4-3-10(14)15/h1-2,5H,3-4,6H2,(H2,13,16)(H,14,15). The van der Waals surface area contributed by atoms with Gasteiger partial charge in [0.1, 0.15) is 0 Å². The van der Waals surface area contributed by atoms with Gasteiger partial charge in [-0.3, -0.25) is 9.59 Å². The van der Waals surface area contributed by atoms with E-state index >= 15 is 0 Å². The Hall–Kier alpha value is -1.20. The van der Waals surface area contributed by atoms with Crippen molar-refractivity contribution in [1.82, 2.24) is 0 Å². The van der Waals surface area contributed by atoms with Gasteiger partial charge in [0.2, 0.25) is 5.91 Å². The molecular formula is C11H12ClNO3S. The van der Waals surface area contributed by atoms with E-state index in [1.807, 2.05) is 0 Å². The fourth-order valence-corrected chi connectivity index (χ4v) is 2.42. The SMILES string of the molecule is NC(=O)c1ccc(CSCCC(=O)O)c(Cl)c1. The van der Waals surface area contributed by atoms with Crippen LogP contribution in [-0.4, -0.2) is 22.7 Å². The van der Waals surface area contributed by atoms with Gasteiger partial charge in [0.15, 0.2) is 0 Å². The van der Waals surface area contributed by atoms with Crippen LogP contribution in [0.4, 0.5) is 0 Å². The highest BCUT2D eigenvalue weighted by molar-refractivity contribution is 7.98. The van der Waals surface area contributed by atoms with E-state index in [0.29, 0.717) is 22.1 Å². The van der Waals surface area contributed by atoms with Gasteiger partial charge < -0.3 is 10.8 Å². The van der Waals surface area contributed by atoms with Gasteiger partial charge in [0, 0.05) is 22.1 Å². The Morgan fingerprint density at radius 2 is 2.12 bits per heavy atom. The molecule has 3 N–H and O–H groups in total. The number of carbonyl (C=O) groups excluding carboxylic acids is 1. The lowest BCUT2D eigenvalue weighted by atomic mass is 10.1. The second kappa shape index (κ2) is 6.51. The van der Waals surface area contributed by atoms with Crippen molar-refractivity contribution in [3.63, 3.8) is 0 Å². The Morgan fingerprint density at radius 3 is 2.65 bits per heavy atom. The van der Waals surface area contributed by atoms with Crippen LogP contribution in [-0.2, 0) is 10.5 Å². The van der Waals surface area contributed by atoms with Gasteiger partial charge in [-0.1, -0.05) is 17.7 Å². The molecular weight excluding hydrogens is 262 g/mol. The van der Waals surface area contributed by atoms with E-state index in [9.17, 15) is 9.59 Å². The summed E-state index contributed by atoms with van der Waals surface area (Å²) in [5, 5.41) is 8.95. The molecule has 0 spiro atoms. The van der Waals surface area contributed by atoms with Crippen LogP contribution in [0.3, 0.4) is 0 Å². The molecule has 0 atom stereocenters. The molecule has 0 saturated heterocycles. The predicted octanol–water partition coefficient (Wildman–Crippen LogP) is 2.15. The van der Waals surface area contributed by atoms with E-state index in [2.05, 4.69) is 0 Å². The van der Waals surface area contributed by atoms with Crippen molar-refractivity contribution in [2.45, 2.75) is 12.2 Å². The summed E-state index contributed by atoms with van der Waals surface area (Å²) in [6.07, 6.45) is 0.127. The quantitative estimate of drug-likeness (QED) is 0.778. The lowest BCUT2D eigenvalue weighted by molar-refractivity contribution is -0.136. The first-order chi connectivity index (χ1) is 8.00. The van der Waals surface area contributed by atoms with Gasteiger partial charge in [0.05, 0.1) is 6.42 Å². The fraction of sp³-hybridized carbons (Fsp3) is 0.273. The lowest BCUT2D eigenvalue weighted by Crippen LogP contribution is -2.10. The summed E-state index contributed by atoms with van der Waals surface area (Å²) in [5.74, 6) is -0.182. The van der Waals surface area contributed by atoms with E-state index < -0.39 is 11.9 Å². The predicted molar refractivity (Wildman–Crippen MR) is 68.4 cm³/mol. The molecule has 1 aromatic carbocycles. The molecule has 0 heterocycles. The number of carboxylic acids is 1. The zero-order valence-electron chi connectivity index (χ0n) is 8.98. The van der Waals surface area contributed by atoms with Crippen molar-refractivity contribution in [2.75, 3.05) is 5.75 Å². The molecule has 92 valence electrons. The van der Waals surface area contributed by atoms with Crippen LogP contribution in [0.25, 0.3) is 0 Å². The number of thioether (sulfide) groups is 1. The number of nitrogens with two attached hydrogens (primary N) is 1. The molecule has 0 fully saturated rings. The number of carbonyl (C=O) groups is 2. The van der Waals surface area contributed by atoms with Gasteiger partial charge >= 0.3 is 5.97 Å². The molecule has 1 amide bonds. The summed E-state index contributed by atoms with van der Waals surface area (Å²) < 4.78 is 0. The Morgan fingerprint density at radius 1 is 1.41 bits per heavy atom. The second-order valence-corrected chi connectivity index (χ2v) is 4.88. The average molecular weight is 274 g/mol. The topological polar surface area (TPSA) is 80.4 Å². The Balaban J connectivity index is 2.54. The Labute approximate surface area is 108 Å². The molecule has 0 unspecified atom stereocenters. The zero-order chi connectivity index (χ0) is 12.8. The maximum absolute atomic E-state index is 10.9. The maximum Gasteiger partial charge on any atom is 0.304 e. The van der Waals surface area contributed by atoms with Gasteiger partial charge in [-0.25, -0.2) is 0 Å². The minimum Gasteiger partial charge on any atom is -0.481 e. The third kappa shape index (κ3) is 4.66. The van der Waals surface area contributed by atoms with Crippen LogP contribution < -0.4 is 5.73 Å². The molecule has 0 aliphatic heterocycles. The fourth-order valence-electron chi connectivity index (χ4n) is 1.16. The van der Waals surface area contributed by atoms with Crippen LogP contribution in [0.2, 0.25) is 5.02 Å². The van der Waals surface area contributed by atoms with E-state index in [1.165, 1.54) is 17.8 Å². The molecule has 0 saturated carbocycles. The smallest absolute Gasteiger partial charge is 0.304 e. The zero-order valence-corrected chi connectivity index (χ0v) is 10.6. The van der Waals surface area contributed by atoms with Gasteiger partial charge in [-0.2, -0.15) is 11.8 Å². The van der Waals surface area contributed by atoms with Crippen molar-refractivity contribution in [3.05, 3.63) is 34.3 Å². The molecule has 0 aliphatic carbocycles. The summed E-state index contributed by atoms with van der Waals surface area (Å²) in [6, 6.07) is 4.87. The normalized spacial score (nSPS) is 10.2. The number of rotatable bonds is 6. The molecule has 0 radical (unpaired) electrons. The van der Waals surface area contributed by atoms with E-state index in [0.717, 1.165) is 5.56 Å². The van der Waals surface area contributed by atoms with Crippen LogP contribution >= 0.6 is 23.4 Å². The lowest BCUT2D eigenvalue weighted by Gasteiger charge is -2.05. The minimum atomic E-state index is -0.812. The van der Waals surface area contributed by atoms with Gasteiger partial charge in [-0.05, 0) is 17.7 Å². The first-order valence-electron chi connectivity index (χ1n) is 4.88. The largest absolute Gasteiger partial charge is 0.481 e. The highest BCUT2D eigenvalue weighted by Crippen LogP contribution is 2.22. The maximum atomic E-state index is 10.9. The van der Waals surface area contributed by atoms with Crippen LogP contribution in [0.1, 0.15) is 22.3 Å². The summed E-state index contributed by atoms with van der Waals surface area (Å²) in [6.45, 7) is 0. The van der Waals surface area contributed by atoms with Crippen molar-refractivity contribution in [1.29, 1.82) is 0 Å². The number of aliphatic carboxylic acids is 1. The number of benzene rings is 1. The number of amides is 1. The first kappa shape index (κ1) is 13.9. The molecule has 0 aliphatic rings. The van der Waals surface area contributed by atoms with Crippen molar-refractivity contribution < 1.29 is 14.7 Å². The van der Waals surface area contributed by atoms with E-state index in [-0.39, 0.29) is 6.42 Å². The average Bonchev–Trinajstić information content (AvgIpc) is 2.25. The third-order valence-corrected chi connectivity index (χ3v) is 3.42. The highest BCUT2D eigenvalue weighted by atomic mass is 35.5. The number of primary amides is 1. The van der Waals surface area contributed by atoms with E-state index in [1.54, 1.807) is 12.1 Å². The molecule has 0 aromatic heterocycles. The van der Waals surface area contributed by atoms with Crippen molar-refractivity contribution in [3.8, 4) is 0 Å². The minimum absolute atomic E-state index is 0.127. The molecule has 4 nitrogen and oxygen atoms in total. The monoisotopic (exact) mass is 273 g/mol. The summed E-state index contributed by atoms with van der Waals surface area (Å²) in [5.41, 5.74) is 6.36. The number of hydrogen-bond acceptors (Lipinski definition) is 3. The molecule has 1 aromatic rings. The second-order valence-electron chi connectivity index (χ2n) is 3.37. The Bertz CT molecular complexity index is 437. The number of hydrogen-bond donors (Lipinski definition) is 2. The van der Waals surface area contributed by atoms with Crippen molar-refractivity contribution >= 4 is 35.2 Å². The van der Waals surface area contributed by atoms with E-state index in [4.69, 9.17) is 22.4 Å². The number of carboxylic acid groups (broad SMARTS) is 1. The van der Waals surface area contributed by atoms with Gasteiger partial charge in [0.25, 0.3) is 0 Å². The van der Waals surface area contributed by atoms with Gasteiger partial charge in [-0.15, -0.1) is 0 Å². The molecule has 17 heavy (non-hydrogen) atoms.